The molecule has 0 saturated heterocycles. The highest BCUT2D eigenvalue weighted by molar-refractivity contribution is 5.79. The molecule has 0 bridgehead atoms. The van der Waals surface area contributed by atoms with Gasteiger partial charge < -0.3 is 10.6 Å². The Morgan fingerprint density at radius 3 is 1.92 bits per heavy atom. The van der Waals surface area contributed by atoms with Gasteiger partial charge in [-0.3, -0.25) is 0 Å². The third-order valence-corrected chi connectivity index (χ3v) is 2.04. The van der Waals surface area contributed by atoms with Crippen LogP contribution in [-0.2, 0) is 0 Å². The molecule has 0 radical (unpaired) electrons. The molecule has 0 heterocycles. The molecule has 3 nitrogen and oxygen atoms in total. The predicted octanol–water partition coefficient (Wildman–Crippen LogP) is 1.73. The third kappa shape index (κ3) is 4.55. The van der Waals surface area contributed by atoms with Gasteiger partial charge >= 0.3 is 0 Å². The van der Waals surface area contributed by atoms with Gasteiger partial charge in [-0.25, -0.2) is 4.99 Å². The molecular weight excluding hydrogens is 162 g/mol. The van der Waals surface area contributed by atoms with Gasteiger partial charge in [0.2, 0.25) is 0 Å². The molecule has 0 unspecified atom stereocenters. The molecule has 0 aromatic carbocycles. The van der Waals surface area contributed by atoms with E-state index in [2.05, 4.69) is 43.3 Å². The molecule has 2 N–H and O–H groups in total. The highest BCUT2D eigenvalue weighted by Crippen LogP contribution is 2.23. The van der Waals surface area contributed by atoms with Gasteiger partial charge in [0.05, 0.1) is 0 Å². The molecule has 0 aliphatic heterocycles. The standard InChI is InChI=1S/C10H21N3/c1-8(10(2,3)4)7-13-9(11-5)12-6/h7H,1-6H3,(H2,11,12,13)/b8-7+. The average Bonchev–Trinajstić information content (AvgIpc) is 2.04. The topological polar surface area (TPSA) is 36.4 Å². The highest BCUT2D eigenvalue weighted by atomic mass is 15.1. The van der Waals surface area contributed by atoms with Gasteiger partial charge in [0.1, 0.15) is 0 Å². The van der Waals surface area contributed by atoms with Gasteiger partial charge in [0.15, 0.2) is 5.96 Å². The molecule has 0 aromatic rings. The Labute approximate surface area is 81.3 Å². The van der Waals surface area contributed by atoms with E-state index in [0.717, 1.165) is 5.96 Å². The van der Waals surface area contributed by atoms with E-state index in [4.69, 9.17) is 0 Å². The van der Waals surface area contributed by atoms with Crippen LogP contribution in [0.1, 0.15) is 27.7 Å². The number of nitrogens with zero attached hydrogens (tertiary/aromatic N) is 1. The van der Waals surface area contributed by atoms with Crippen LogP contribution in [-0.4, -0.2) is 20.1 Å². The Hall–Kier alpha value is -0.990. The van der Waals surface area contributed by atoms with E-state index >= 15 is 0 Å². The van der Waals surface area contributed by atoms with Crippen LogP contribution in [0.25, 0.3) is 0 Å². The molecule has 0 aliphatic rings. The summed E-state index contributed by atoms with van der Waals surface area (Å²) < 4.78 is 0. The molecule has 0 rings (SSSR count). The summed E-state index contributed by atoms with van der Waals surface area (Å²) in [4.78, 5) is 4.26. The van der Waals surface area contributed by atoms with Crippen molar-refractivity contribution in [1.82, 2.24) is 10.6 Å². The Morgan fingerprint density at radius 2 is 1.62 bits per heavy atom. The Morgan fingerprint density at radius 1 is 1.15 bits per heavy atom. The summed E-state index contributed by atoms with van der Waals surface area (Å²) in [7, 11) is 3.69. The van der Waals surface area contributed by atoms with E-state index in [1.807, 2.05) is 20.3 Å². The fourth-order valence-corrected chi connectivity index (χ4v) is 0.609. The normalized spacial score (nSPS) is 12.3. The lowest BCUT2D eigenvalue weighted by Gasteiger charge is -2.18. The van der Waals surface area contributed by atoms with Gasteiger partial charge in [0, 0.05) is 20.3 Å². The van der Waals surface area contributed by atoms with Gasteiger partial charge in [-0.1, -0.05) is 20.8 Å². The van der Waals surface area contributed by atoms with Crippen LogP contribution in [0.3, 0.4) is 0 Å². The third-order valence-electron chi connectivity index (χ3n) is 2.04. The fraction of sp³-hybridized carbons (Fsp3) is 0.700. The molecule has 0 atom stereocenters. The van der Waals surface area contributed by atoms with Crippen LogP contribution >= 0.6 is 0 Å². The maximum Gasteiger partial charge on any atom is 0.195 e. The van der Waals surface area contributed by atoms with Crippen LogP contribution < -0.4 is 10.6 Å². The first-order valence-electron chi connectivity index (χ1n) is 4.52. The molecule has 0 fully saturated rings. The van der Waals surface area contributed by atoms with Gasteiger partial charge in [0.25, 0.3) is 0 Å². The molecule has 76 valence electrons. The second-order valence-electron chi connectivity index (χ2n) is 4.04. The van der Waals surface area contributed by atoms with Crippen molar-refractivity contribution in [1.29, 1.82) is 0 Å². The first kappa shape index (κ1) is 12.0. The lowest BCUT2D eigenvalue weighted by molar-refractivity contribution is 0.502. The average molecular weight is 183 g/mol. The summed E-state index contributed by atoms with van der Waals surface area (Å²) in [5.74, 6) is 0.781. The second kappa shape index (κ2) is 4.90. The molecule has 3 heteroatoms. The van der Waals surface area contributed by atoms with E-state index in [9.17, 15) is 0 Å². The van der Waals surface area contributed by atoms with Crippen LogP contribution in [0.4, 0.5) is 0 Å². The zero-order valence-electron chi connectivity index (χ0n) is 9.52. The largest absolute Gasteiger partial charge is 0.359 e. The molecular formula is C10H21N3. The molecule has 0 aromatic heterocycles. The number of rotatable bonds is 1. The highest BCUT2D eigenvalue weighted by Gasteiger charge is 2.11. The van der Waals surface area contributed by atoms with E-state index in [-0.39, 0.29) is 5.41 Å². The second-order valence-corrected chi connectivity index (χ2v) is 4.04. The Bertz CT molecular complexity index is 203. The van der Waals surface area contributed by atoms with Crippen molar-refractivity contribution < 1.29 is 0 Å². The van der Waals surface area contributed by atoms with Crippen molar-refractivity contribution in [3.63, 3.8) is 0 Å². The van der Waals surface area contributed by atoms with Crippen LogP contribution in [0.15, 0.2) is 16.8 Å². The first-order chi connectivity index (χ1) is 5.91. The number of guanidine groups is 1. The number of aliphatic imine (C=N–C) groups is 1. The summed E-state index contributed by atoms with van der Waals surface area (Å²) in [5.41, 5.74) is 1.45. The summed E-state index contributed by atoms with van der Waals surface area (Å²) in [6.07, 6.45) is 1.89. The molecule has 0 saturated carbocycles. The zero-order chi connectivity index (χ0) is 10.5. The van der Waals surface area contributed by atoms with Crippen molar-refractivity contribution in [3.8, 4) is 0 Å². The van der Waals surface area contributed by atoms with Crippen molar-refractivity contribution in [2.24, 2.45) is 10.4 Å². The Kier molecular flexibility index (Phi) is 4.52. The smallest absolute Gasteiger partial charge is 0.195 e. The van der Waals surface area contributed by atoms with Gasteiger partial charge in [-0.15, -0.1) is 0 Å². The van der Waals surface area contributed by atoms with Crippen molar-refractivity contribution >= 4 is 5.96 Å². The first-order valence-corrected chi connectivity index (χ1v) is 4.52. The van der Waals surface area contributed by atoms with Gasteiger partial charge in [-0.2, -0.15) is 0 Å². The number of hydrogen-bond acceptors (Lipinski definition) is 1. The molecule has 0 spiro atoms. The summed E-state index contributed by atoms with van der Waals surface area (Å²) >= 11 is 0. The monoisotopic (exact) mass is 183 g/mol. The molecule has 13 heavy (non-hydrogen) atoms. The zero-order valence-corrected chi connectivity index (χ0v) is 9.52. The minimum Gasteiger partial charge on any atom is -0.359 e. The number of allylic oxidation sites excluding steroid dienone is 1. The Balaban J connectivity index is 4.49. The van der Waals surface area contributed by atoms with E-state index in [1.54, 1.807) is 0 Å². The van der Waals surface area contributed by atoms with E-state index in [1.165, 1.54) is 5.57 Å². The lowest BCUT2D eigenvalue weighted by atomic mass is 9.88. The van der Waals surface area contributed by atoms with Crippen molar-refractivity contribution in [3.05, 3.63) is 11.8 Å². The fourth-order valence-electron chi connectivity index (χ4n) is 0.609. The minimum atomic E-state index is 0.191. The molecule has 0 aliphatic carbocycles. The van der Waals surface area contributed by atoms with Gasteiger partial charge in [-0.05, 0) is 17.9 Å². The summed E-state index contributed by atoms with van der Waals surface area (Å²) in [6, 6.07) is 0. The van der Waals surface area contributed by atoms with Crippen LogP contribution in [0, 0.1) is 5.41 Å². The maximum absolute atomic E-state index is 4.26. The summed E-state index contributed by atoms with van der Waals surface area (Å²) in [6.45, 7) is 8.61. The van der Waals surface area contributed by atoms with E-state index < -0.39 is 0 Å². The minimum absolute atomic E-state index is 0.191. The quantitative estimate of drug-likeness (QED) is 0.480. The number of hydrogen-bond donors (Lipinski definition) is 2. The van der Waals surface area contributed by atoms with Crippen LogP contribution in [0.5, 0.6) is 0 Å². The number of nitrogens with one attached hydrogen (secondary N) is 2. The SMILES string of the molecule is CNC(=N/C=C(\C)C(C)(C)C)NC. The predicted molar refractivity (Wildman–Crippen MR) is 58.8 cm³/mol. The van der Waals surface area contributed by atoms with Crippen molar-refractivity contribution in [2.45, 2.75) is 27.7 Å². The maximum atomic E-state index is 4.26. The van der Waals surface area contributed by atoms with Crippen LogP contribution in [0.2, 0.25) is 0 Å². The lowest BCUT2D eigenvalue weighted by Crippen LogP contribution is -2.31. The molecule has 0 amide bonds. The van der Waals surface area contributed by atoms with E-state index in [0.29, 0.717) is 0 Å². The summed E-state index contributed by atoms with van der Waals surface area (Å²) in [5, 5.41) is 5.91. The van der Waals surface area contributed by atoms with Crippen molar-refractivity contribution in [2.75, 3.05) is 14.1 Å².